The van der Waals surface area contributed by atoms with E-state index >= 15 is 0 Å². The van der Waals surface area contributed by atoms with Crippen LogP contribution in [0, 0.1) is 6.92 Å². The molecule has 1 aromatic heterocycles. The zero-order valence-electron chi connectivity index (χ0n) is 15.3. The zero-order chi connectivity index (χ0) is 19.2. The molecule has 7 nitrogen and oxygen atoms in total. The van der Waals surface area contributed by atoms with Crippen LogP contribution in [0.4, 0.5) is 17.3 Å². The molecule has 0 aliphatic rings. The van der Waals surface area contributed by atoms with Crippen LogP contribution in [0.15, 0.2) is 54.9 Å². The van der Waals surface area contributed by atoms with E-state index in [1.807, 2.05) is 31.2 Å². The van der Waals surface area contributed by atoms with Crippen LogP contribution in [0.5, 0.6) is 11.5 Å². The number of aromatic nitrogens is 2. The van der Waals surface area contributed by atoms with Gasteiger partial charge in [0.25, 0.3) is 5.91 Å². The van der Waals surface area contributed by atoms with Gasteiger partial charge in [-0.25, -0.2) is 9.97 Å². The van der Waals surface area contributed by atoms with Gasteiger partial charge in [0.15, 0.2) is 0 Å². The number of carbonyl (C=O) groups is 1. The first-order valence-corrected chi connectivity index (χ1v) is 8.29. The van der Waals surface area contributed by atoms with Crippen molar-refractivity contribution in [1.29, 1.82) is 0 Å². The first-order chi connectivity index (χ1) is 13.1. The van der Waals surface area contributed by atoms with Crippen LogP contribution in [-0.2, 0) is 0 Å². The standard InChI is InChI=1S/C20H20N4O3/c1-13-6-4-5-7-16(13)23-19(25)14-11-21-20(22-12-14)24-17-9-8-15(26-2)10-18(17)27-3/h4-12H,1-3H3,(H,23,25)(H,21,22,24). The van der Waals surface area contributed by atoms with Crippen molar-refractivity contribution in [1.82, 2.24) is 9.97 Å². The minimum absolute atomic E-state index is 0.266. The molecule has 3 rings (SSSR count). The first-order valence-electron chi connectivity index (χ1n) is 8.29. The molecular weight excluding hydrogens is 344 g/mol. The highest BCUT2D eigenvalue weighted by atomic mass is 16.5. The van der Waals surface area contributed by atoms with E-state index in [-0.39, 0.29) is 5.91 Å². The molecule has 138 valence electrons. The summed E-state index contributed by atoms with van der Waals surface area (Å²) in [5.41, 5.74) is 2.80. The van der Waals surface area contributed by atoms with Crippen molar-refractivity contribution < 1.29 is 14.3 Å². The summed E-state index contributed by atoms with van der Waals surface area (Å²) in [6.45, 7) is 1.93. The van der Waals surface area contributed by atoms with Crippen molar-refractivity contribution in [3.63, 3.8) is 0 Å². The maximum Gasteiger partial charge on any atom is 0.258 e. The van der Waals surface area contributed by atoms with Crippen LogP contribution >= 0.6 is 0 Å². The number of benzene rings is 2. The smallest absolute Gasteiger partial charge is 0.258 e. The van der Waals surface area contributed by atoms with Gasteiger partial charge in [-0.15, -0.1) is 0 Å². The molecule has 1 amide bonds. The number of methoxy groups -OCH3 is 2. The number of nitrogens with zero attached hydrogens (tertiary/aromatic N) is 2. The Morgan fingerprint density at radius 2 is 1.70 bits per heavy atom. The number of hydrogen-bond donors (Lipinski definition) is 2. The third kappa shape index (κ3) is 4.33. The number of nitrogens with one attached hydrogen (secondary N) is 2. The lowest BCUT2D eigenvalue weighted by molar-refractivity contribution is 0.102. The Labute approximate surface area is 157 Å². The molecule has 0 saturated carbocycles. The average molecular weight is 364 g/mol. The zero-order valence-corrected chi connectivity index (χ0v) is 15.3. The van der Waals surface area contributed by atoms with E-state index in [0.717, 1.165) is 11.3 Å². The van der Waals surface area contributed by atoms with Crippen LogP contribution in [0.2, 0.25) is 0 Å². The van der Waals surface area contributed by atoms with Gasteiger partial charge in [-0.1, -0.05) is 18.2 Å². The topological polar surface area (TPSA) is 85.4 Å². The Morgan fingerprint density at radius 1 is 0.963 bits per heavy atom. The van der Waals surface area contributed by atoms with Crippen molar-refractivity contribution >= 4 is 23.2 Å². The molecule has 1 heterocycles. The maximum absolute atomic E-state index is 12.4. The van der Waals surface area contributed by atoms with Crippen LogP contribution in [0.25, 0.3) is 0 Å². The van der Waals surface area contributed by atoms with E-state index < -0.39 is 0 Å². The Kier molecular flexibility index (Phi) is 5.51. The number of carbonyl (C=O) groups excluding carboxylic acids is 1. The third-order valence-corrected chi connectivity index (χ3v) is 3.96. The van der Waals surface area contributed by atoms with Gasteiger partial charge in [-0.3, -0.25) is 4.79 Å². The van der Waals surface area contributed by atoms with Gasteiger partial charge in [-0.2, -0.15) is 0 Å². The van der Waals surface area contributed by atoms with Crippen LogP contribution in [-0.4, -0.2) is 30.1 Å². The van der Waals surface area contributed by atoms with Crippen molar-refractivity contribution in [2.45, 2.75) is 6.92 Å². The number of aryl methyl sites for hydroxylation is 1. The van der Waals surface area contributed by atoms with Crippen molar-refractivity contribution in [3.8, 4) is 11.5 Å². The first kappa shape index (κ1) is 18.2. The molecule has 0 unspecified atom stereocenters. The van der Waals surface area contributed by atoms with Crippen LogP contribution in [0.3, 0.4) is 0 Å². The number of ether oxygens (including phenoxy) is 2. The Balaban J connectivity index is 1.72. The molecule has 0 aliphatic carbocycles. The summed E-state index contributed by atoms with van der Waals surface area (Å²) in [6, 6.07) is 12.9. The normalized spacial score (nSPS) is 10.2. The van der Waals surface area contributed by atoms with E-state index in [0.29, 0.717) is 28.7 Å². The van der Waals surface area contributed by atoms with Gasteiger partial charge in [0.2, 0.25) is 5.95 Å². The molecule has 0 radical (unpaired) electrons. The molecule has 0 fully saturated rings. The fourth-order valence-electron chi connectivity index (χ4n) is 2.44. The summed E-state index contributed by atoms with van der Waals surface area (Å²) in [5, 5.41) is 5.92. The van der Waals surface area contributed by atoms with Gasteiger partial charge in [0, 0.05) is 24.1 Å². The van der Waals surface area contributed by atoms with Crippen molar-refractivity contribution in [2.24, 2.45) is 0 Å². The lowest BCUT2D eigenvalue weighted by Gasteiger charge is -2.12. The molecule has 27 heavy (non-hydrogen) atoms. The van der Waals surface area contributed by atoms with Crippen LogP contribution < -0.4 is 20.1 Å². The second-order valence-electron chi connectivity index (χ2n) is 5.76. The molecule has 2 aromatic carbocycles. The van der Waals surface area contributed by atoms with Gasteiger partial charge in [-0.05, 0) is 30.7 Å². The van der Waals surface area contributed by atoms with E-state index in [1.165, 1.54) is 12.4 Å². The minimum atomic E-state index is -0.266. The Morgan fingerprint density at radius 3 is 2.37 bits per heavy atom. The summed E-state index contributed by atoms with van der Waals surface area (Å²) in [5.74, 6) is 1.37. The molecule has 7 heteroatoms. The van der Waals surface area contributed by atoms with Gasteiger partial charge < -0.3 is 20.1 Å². The summed E-state index contributed by atoms with van der Waals surface area (Å²) in [4.78, 5) is 20.8. The molecule has 2 N–H and O–H groups in total. The highest BCUT2D eigenvalue weighted by Crippen LogP contribution is 2.30. The monoisotopic (exact) mass is 364 g/mol. The van der Waals surface area contributed by atoms with E-state index in [9.17, 15) is 4.79 Å². The number of hydrogen-bond acceptors (Lipinski definition) is 6. The molecule has 0 atom stereocenters. The van der Waals surface area contributed by atoms with Gasteiger partial charge in [0.05, 0.1) is 25.5 Å². The highest BCUT2D eigenvalue weighted by molar-refractivity contribution is 6.04. The second kappa shape index (κ2) is 8.18. The third-order valence-electron chi connectivity index (χ3n) is 3.96. The SMILES string of the molecule is COc1ccc(Nc2ncc(C(=O)Nc3ccccc3C)cn2)c(OC)c1. The largest absolute Gasteiger partial charge is 0.497 e. The summed E-state index contributed by atoms with van der Waals surface area (Å²) < 4.78 is 10.5. The number of rotatable bonds is 6. The molecule has 0 aliphatic heterocycles. The van der Waals surface area contributed by atoms with Gasteiger partial charge >= 0.3 is 0 Å². The highest BCUT2D eigenvalue weighted by Gasteiger charge is 2.10. The van der Waals surface area contributed by atoms with E-state index in [4.69, 9.17) is 9.47 Å². The molecular formula is C20H20N4O3. The van der Waals surface area contributed by atoms with E-state index in [1.54, 1.807) is 32.4 Å². The quantitative estimate of drug-likeness (QED) is 0.692. The number of anilines is 3. The number of amides is 1. The molecule has 0 saturated heterocycles. The summed E-state index contributed by atoms with van der Waals surface area (Å²) in [7, 11) is 3.16. The molecule has 0 spiro atoms. The lowest BCUT2D eigenvalue weighted by atomic mass is 10.2. The van der Waals surface area contributed by atoms with Crippen molar-refractivity contribution in [2.75, 3.05) is 24.9 Å². The Hall–Kier alpha value is -3.61. The fraction of sp³-hybridized carbons (Fsp3) is 0.150. The van der Waals surface area contributed by atoms with E-state index in [2.05, 4.69) is 20.6 Å². The maximum atomic E-state index is 12.4. The Bertz CT molecular complexity index is 942. The molecule has 0 bridgehead atoms. The van der Waals surface area contributed by atoms with Crippen LogP contribution in [0.1, 0.15) is 15.9 Å². The summed E-state index contributed by atoms with van der Waals surface area (Å²) in [6.07, 6.45) is 2.94. The fourth-order valence-corrected chi connectivity index (χ4v) is 2.44. The number of para-hydroxylation sites is 1. The summed E-state index contributed by atoms with van der Waals surface area (Å²) >= 11 is 0. The molecule has 3 aromatic rings. The average Bonchev–Trinajstić information content (AvgIpc) is 2.70. The van der Waals surface area contributed by atoms with Gasteiger partial charge in [0.1, 0.15) is 11.5 Å². The predicted octanol–water partition coefficient (Wildman–Crippen LogP) is 3.80. The second-order valence-corrected chi connectivity index (χ2v) is 5.76. The minimum Gasteiger partial charge on any atom is -0.497 e. The van der Waals surface area contributed by atoms with Crippen molar-refractivity contribution in [3.05, 3.63) is 66.0 Å². The predicted molar refractivity (Wildman–Crippen MR) is 104 cm³/mol. The lowest BCUT2D eigenvalue weighted by Crippen LogP contribution is -2.13.